The van der Waals surface area contributed by atoms with Crippen LogP contribution in [0.3, 0.4) is 0 Å². The molecule has 0 aliphatic carbocycles. The van der Waals surface area contributed by atoms with Gasteiger partial charge in [0.05, 0.1) is 20.3 Å². The van der Waals surface area contributed by atoms with E-state index in [9.17, 15) is 0 Å². The molecule has 1 aliphatic rings. The van der Waals surface area contributed by atoms with E-state index in [1.54, 1.807) is 14.2 Å². The third-order valence-electron chi connectivity index (χ3n) is 4.91. The average Bonchev–Trinajstić information content (AvgIpc) is 3.20. The minimum atomic E-state index is -0.0430. The molecule has 6 heteroatoms. The summed E-state index contributed by atoms with van der Waals surface area (Å²) in [7, 11) is 3.49. The van der Waals surface area contributed by atoms with Crippen molar-refractivity contribution in [2.24, 2.45) is 10.9 Å². The molecule has 2 N–H and O–H groups in total. The summed E-state index contributed by atoms with van der Waals surface area (Å²) in [6.45, 7) is 9.32. The van der Waals surface area contributed by atoms with Gasteiger partial charge in [0.15, 0.2) is 5.96 Å². The monoisotopic (exact) mass is 377 g/mol. The van der Waals surface area contributed by atoms with Crippen molar-refractivity contribution in [2.75, 3.05) is 53.7 Å². The zero-order valence-corrected chi connectivity index (χ0v) is 17.2. The van der Waals surface area contributed by atoms with Crippen LogP contribution in [0.2, 0.25) is 0 Å². The van der Waals surface area contributed by atoms with Gasteiger partial charge in [-0.1, -0.05) is 26.0 Å². The maximum absolute atomic E-state index is 5.73. The van der Waals surface area contributed by atoms with E-state index in [0.717, 1.165) is 64.1 Å². The van der Waals surface area contributed by atoms with E-state index in [1.807, 2.05) is 12.1 Å². The largest absolute Gasteiger partial charge is 0.497 e. The predicted molar refractivity (Wildman–Crippen MR) is 110 cm³/mol. The van der Waals surface area contributed by atoms with E-state index in [2.05, 4.69) is 41.6 Å². The molecular formula is C21H35N3O3. The second-order valence-electron chi connectivity index (χ2n) is 7.63. The molecule has 152 valence electrons. The highest BCUT2D eigenvalue weighted by atomic mass is 16.5. The van der Waals surface area contributed by atoms with Crippen LogP contribution in [-0.4, -0.2) is 59.6 Å². The Bertz CT molecular complexity index is 584. The van der Waals surface area contributed by atoms with Crippen LogP contribution in [0.25, 0.3) is 0 Å². The van der Waals surface area contributed by atoms with Crippen LogP contribution in [0.5, 0.6) is 5.75 Å². The Hall–Kier alpha value is -1.79. The number of aliphatic imine (C=N–C) groups is 1. The van der Waals surface area contributed by atoms with E-state index in [-0.39, 0.29) is 5.41 Å². The molecule has 0 spiro atoms. The fourth-order valence-corrected chi connectivity index (χ4v) is 3.02. The number of nitrogens with zero attached hydrogens (tertiary/aromatic N) is 1. The van der Waals surface area contributed by atoms with Crippen molar-refractivity contribution >= 4 is 5.96 Å². The van der Waals surface area contributed by atoms with Crippen LogP contribution in [0.1, 0.15) is 32.3 Å². The first-order valence-electron chi connectivity index (χ1n) is 9.79. The third-order valence-corrected chi connectivity index (χ3v) is 4.91. The molecule has 1 aliphatic heterocycles. The molecule has 0 saturated carbocycles. The first-order valence-corrected chi connectivity index (χ1v) is 9.79. The van der Waals surface area contributed by atoms with Crippen molar-refractivity contribution in [2.45, 2.75) is 32.1 Å². The number of hydrogen-bond acceptors (Lipinski definition) is 4. The first kappa shape index (κ1) is 21.5. The molecule has 1 atom stereocenters. The smallest absolute Gasteiger partial charge is 0.191 e. The molecule has 1 aromatic rings. The van der Waals surface area contributed by atoms with Gasteiger partial charge in [0.2, 0.25) is 0 Å². The van der Waals surface area contributed by atoms with Gasteiger partial charge in [0, 0.05) is 44.7 Å². The Morgan fingerprint density at radius 1 is 1.33 bits per heavy atom. The molecule has 2 rings (SSSR count). The highest BCUT2D eigenvalue weighted by Crippen LogP contribution is 2.25. The van der Waals surface area contributed by atoms with Crippen molar-refractivity contribution in [3.05, 3.63) is 29.8 Å². The van der Waals surface area contributed by atoms with Crippen LogP contribution in [0, 0.1) is 5.92 Å². The maximum atomic E-state index is 5.73. The minimum absolute atomic E-state index is 0.0430. The van der Waals surface area contributed by atoms with Gasteiger partial charge < -0.3 is 24.8 Å². The second kappa shape index (κ2) is 11.1. The van der Waals surface area contributed by atoms with E-state index in [4.69, 9.17) is 14.2 Å². The lowest BCUT2D eigenvalue weighted by atomic mass is 9.84. The van der Waals surface area contributed by atoms with Crippen LogP contribution < -0.4 is 15.4 Å². The standard InChI is InChI=1S/C21H35N3O3/c1-21(2,18-7-5-8-19(13-18)25-4)16-24-20(22-3)23-10-6-11-26-14-17-9-12-27-15-17/h5,7-8,13,17H,6,9-12,14-16H2,1-4H3,(H2,22,23,24). The normalized spacial score (nSPS) is 17.8. The van der Waals surface area contributed by atoms with Gasteiger partial charge in [-0.15, -0.1) is 0 Å². The molecule has 1 saturated heterocycles. The van der Waals surface area contributed by atoms with Gasteiger partial charge in [0.25, 0.3) is 0 Å². The maximum Gasteiger partial charge on any atom is 0.191 e. The molecular weight excluding hydrogens is 342 g/mol. The zero-order chi connectivity index (χ0) is 19.5. The van der Waals surface area contributed by atoms with Gasteiger partial charge in [-0.2, -0.15) is 0 Å². The van der Waals surface area contributed by atoms with Gasteiger partial charge in [-0.25, -0.2) is 0 Å². The fraction of sp³-hybridized carbons (Fsp3) is 0.667. The Labute approximate surface area is 163 Å². The molecule has 0 radical (unpaired) electrons. The van der Waals surface area contributed by atoms with E-state index < -0.39 is 0 Å². The SMILES string of the molecule is CN=C(NCCCOCC1CCOC1)NCC(C)(C)c1cccc(OC)c1. The zero-order valence-electron chi connectivity index (χ0n) is 17.2. The molecule has 1 unspecified atom stereocenters. The lowest BCUT2D eigenvalue weighted by Crippen LogP contribution is -2.43. The van der Waals surface area contributed by atoms with Crippen LogP contribution in [0.15, 0.2) is 29.3 Å². The number of rotatable bonds is 10. The van der Waals surface area contributed by atoms with E-state index >= 15 is 0 Å². The topological polar surface area (TPSA) is 64.1 Å². The summed E-state index contributed by atoms with van der Waals surface area (Å²) in [6, 6.07) is 8.22. The predicted octanol–water partition coefficient (Wildman–Crippen LogP) is 2.58. The summed E-state index contributed by atoms with van der Waals surface area (Å²) < 4.78 is 16.4. The Kier molecular flexibility index (Phi) is 8.88. The molecule has 6 nitrogen and oxygen atoms in total. The van der Waals surface area contributed by atoms with E-state index in [1.165, 1.54) is 5.56 Å². The number of ether oxygens (including phenoxy) is 3. The number of hydrogen-bond donors (Lipinski definition) is 2. The molecule has 0 amide bonds. The summed E-state index contributed by atoms with van der Waals surface area (Å²) in [5.41, 5.74) is 1.19. The van der Waals surface area contributed by atoms with Crippen LogP contribution in [-0.2, 0) is 14.9 Å². The fourth-order valence-electron chi connectivity index (χ4n) is 3.02. The quantitative estimate of drug-likeness (QED) is 0.373. The first-order chi connectivity index (χ1) is 13.0. The van der Waals surface area contributed by atoms with Gasteiger partial charge in [-0.05, 0) is 30.5 Å². The number of methoxy groups -OCH3 is 1. The highest BCUT2D eigenvalue weighted by molar-refractivity contribution is 5.79. The van der Waals surface area contributed by atoms with Crippen molar-refractivity contribution in [1.82, 2.24) is 10.6 Å². The molecule has 1 aromatic carbocycles. The molecule has 0 aromatic heterocycles. The van der Waals surface area contributed by atoms with Crippen LogP contribution >= 0.6 is 0 Å². The van der Waals surface area contributed by atoms with Crippen molar-refractivity contribution in [3.8, 4) is 5.75 Å². The van der Waals surface area contributed by atoms with Gasteiger partial charge >= 0.3 is 0 Å². The third kappa shape index (κ3) is 7.39. The molecule has 1 fully saturated rings. The number of guanidine groups is 1. The Morgan fingerprint density at radius 3 is 2.89 bits per heavy atom. The number of benzene rings is 1. The Balaban J connectivity index is 1.66. The van der Waals surface area contributed by atoms with Gasteiger partial charge in [0.1, 0.15) is 5.75 Å². The summed E-state index contributed by atoms with van der Waals surface area (Å²) in [5, 5.41) is 6.78. The second-order valence-corrected chi connectivity index (χ2v) is 7.63. The highest BCUT2D eigenvalue weighted by Gasteiger charge is 2.21. The molecule has 0 bridgehead atoms. The Morgan fingerprint density at radius 2 is 2.19 bits per heavy atom. The summed E-state index contributed by atoms with van der Waals surface area (Å²) in [6.07, 6.45) is 2.07. The van der Waals surface area contributed by atoms with E-state index in [0.29, 0.717) is 5.92 Å². The lowest BCUT2D eigenvalue weighted by Gasteiger charge is -2.27. The van der Waals surface area contributed by atoms with Crippen molar-refractivity contribution < 1.29 is 14.2 Å². The average molecular weight is 378 g/mol. The minimum Gasteiger partial charge on any atom is -0.497 e. The summed E-state index contributed by atoms with van der Waals surface area (Å²) in [5.74, 6) is 2.27. The summed E-state index contributed by atoms with van der Waals surface area (Å²) >= 11 is 0. The van der Waals surface area contributed by atoms with Crippen molar-refractivity contribution in [3.63, 3.8) is 0 Å². The van der Waals surface area contributed by atoms with Gasteiger partial charge in [-0.3, -0.25) is 4.99 Å². The van der Waals surface area contributed by atoms with Crippen molar-refractivity contribution in [1.29, 1.82) is 0 Å². The summed E-state index contributed by atoms with van der Waals surface area (Å²) in [4.78, 5) is 4.31. The molecule has 27 heavy (non-hydrogen) atoms. The molecule has 1 heterocycles. The lowest BCUT2D eigenvalue weighted by molar-refractivity contribution is 0.0888. The number of nitrogens with one attached hydrogen (secondary N) is 2. The van der Waals surface area contributed by atoms with Crippen LogP contribution in [0.4, 0.5) is 0 Å².